The third-order valence-corrected chi connectivity index (χ3v) is 6.18. The summed E-state index contributed by atoms with van der Waals surface area (Å²) in [5.41, 5.74) is 0.485. The molecular formula is C26H33FN6O5. The second-order valence-corrected chi connectivity index (χ2v) is 9.03. The standard InChI is InChI=1S/C26H33FN6O5/c1-3-36-14-5-13-32(23(34)17-33-30-25(29-31-33)22-12-7-18(2)38-22)24(19-8-10-20(27)11-9-19)26(35)28-16-21-6-4-15-37-21/h7-12,21,24H,3-6,13-17H2,1-2H3,(H,28,35)/t21-,24+/m0/s1. The number of nitrogens with one attached hydrogen (secondary N) is 1. The molecule has 2 aromatic heterocycles. The predicted molar refractivity (Wildman–Crippen MR) is 134 cm³/mol. The number of ether oxygens (including phenoxy) is 2. The van der Waals surface area contributed by atoms with Crippen LogP contribution in [0.3, 0.4) is 0 Å². The monoisotopic (exact) mass is 528 g/mol. The third-order valence-electron chi connectivity index (χ3n) is 6.18. The lowest BCUT2D eigenvalue weighted by molar-refractivity contribution is -0.142. The topological polar surface area (TPSA) is 125 Å². The largest absolute Gasteiger partial charge is 0.458 e. The van der Waals surface area contributed by atoms with Gasteiger partial charge in [-0.2, -0.15) is 4.80 Å². The number of halogens is 1. The van der Waals surface area contributed by atoms with E-state index in [9.17, 15) is 14.0 Å². The van der Waals surface area contributed by atoms with Gasteiger partial charge in [0.1, 0.15) is 24.2 Å². The number of benzene rings is 1. The zero-order valence-electron chi connectivity index (χ0n) is 21.6. The Labute approximate surface area is 220 Å². The van der Waals surface area contributed by atoms with Gasteiger partial charge < -0.3 is 24.1 Å². The van der Waals surface area contributed by atoms with E-state index >= 15 is 0 Å². The summed E-state index contributed by atoms with van der Waals surface area (Å²) in [5.74, 6) is 0.168. The molecule has 1 fully saturated rings. The second-order valence-electron chi connectivity index (χ2n) is 9.03. The molecule has 0 radical (unpaired) electrons. The van der Waals surface area contributed by atoms with E-state index in [2.05, 4.69) is 20.7 Å². The molecule has 3 aromatic rings. The minimum absolute atomic E-state index is 0.0714. The molecule has 2 atom stereocenters. The fraction of sp³-hybridized carbons (Fsp3) is 0.500. The van der Waals surface area contributed by atoms with Crippen molar-refractivity contribution in [1.82, 2.24) is 30.4 Å². The van der Waals surface area contributed by atoms with E-state index in [1.54, 1.807) is 19.1 Å². The van der Waals surface area contributed by atoms with Gasteiger partial charge in [0, 0.05) is 32.9 Å². The van der Waals surface area contributed by atoms with Crippen molar-refractivity contribution in [3.63, 3.8) is 0 Å². The minimum Gasteiger partial charge on any atom is -0.458 e. The Bertz CT molecular complexity index is 1190. The Morgan fingerprint density at radius 2 is 2.08 bits per heavy atom. The number of aromatic nitrogens is 4. The van der Waals surface area contributed by atoms with Gasteiger partial charge in [-0.25, -0.2) is 4.39 Å². The highest BCUT2D eigenvalue weighted by molar-refractivity contribution is 5.88. The number of hydrogen-bond donors (Lipinski definition) is 1. The van der Waals surface area contributed by atoms with E-state index < -0.39 is 17.8 Å². The molecule has 1 aliphatic rings. The quantitative estimate of drug-likeness (QED) is 0.336. The van der Waals surface area contributed by atoms with Gasteiger partial charge in [-0.15, -0.1) is 10.2 Å². The van der Waals surface area contributed by atoms with Crippen LogP contribution in [0.5, 0.6) is 0 Å². The number of furan rings is 1. The molecule has 1 N–H and O–H groups in total. The Morgan fingerprint density at radius 3 is 2.76 bits per heavy atom. The van der Waals surface area contributed by atoms with Gasteiger partial charge in [0.15, 0.2) is 5.76 Å². The number of aryl methyl sites for hydroxylation is 1. The predicted octanol–water partition coefficient (Wildman–Crippen LogP) is 2.67. The highest BCUT2D eigenvalue weighted by atomic mass is 19.1. The summed E-state index contributed by atoms with van der Waals surface area (Å²) in [5, 5.41) is 15.2. The molecule has 4 rings (SSSR count). The van der Waals surface area contributed by atoms with Crippen LogP contribution in [0.4, 0.5) is 4.39 Å². The van der Waals surface area contributed by atoms with Crippen LogP contribution in [0.2, 0.25) is 0 Å². The first-order valence-electron chi connectivity index (χ1n) is 12.8. The highest BCUT2D eigenvalue weighted by Crippen LogP contribution is 2.24. The number of carbonyl (C=O) groups excluding carboxylic acids is 2. The first-order valence-corrected chi connectivity index (χ1v) is 12.8. The number of rotatable bonds is 13. The zero-order chi connectivity index (χ0) is 26.9. The SMILES string of the molecule is CCOCCCN(C(=O)Cn1nnc(-c2ccc(C)o2)n1)[C@@H](C(=O)NC[C@@H]1CCCO1)c1ccc(F)cc1. The van der Waals surface area contributed by atoms with Crippen LogP contribution in [-0.2, 0) is 25.6 Å². The first kappa shape index (κ1) is 27.4. The number of tetrazole rings is 1. The van der Waals surface area contributed by atoms with Crippen molar-refractivity contribution in [3.8, 4) is 11.6 Å². The summed E-state index contributed by atoms with van der Waals surface area (Å²) in [6, 6.07) is 8.08. The van der Waals surface area contributed by atoms with Crippen molar-refractivity contribution in [1.29, 1.82) is 0 Å². The summed E-state index contributed by atoms with van der Waals surface area (Å²) in [4.78, 5) is 29.8. The molecule has 1 aromatic carbocycles. The molecule has 11 nitrogen and oxygen atoms in total. The van der Waals surface area contributed by atoms with Gasteiger partial charge in [-0.1, -0.05) is 12.1 Å². The van der Waals surface area contributed by atoms with Crippen LogP contribution in [0, 0.1) is 12.7 Å². The molecule has 0 spiro atoms. The molecular weight excluding hydrogens is 495 g/mol. The molecule has 0 saturated carbocycles. The Kier molecular flexibility index (Phi) is 9.55. The summed E-state index contributed by atoms with van der Waals surface area (Å²) in [6.07, 6.45) is 2.22. The highest BCUT2D eigenvalue weighted by Gasteiger charge is 2.32. The van der Waals surface area contributed by atoms with Gasteiger partial charge in [0.2, 0.25) is 17.6 Å². The summed E-state index contributed by atoms with van der Waals surface area (Å²) in [7, 11) is 0. The van der Waals surface area contributed by atoms with Crippen molar-refractivity contribution < 1.29 is 27.9 Å². The summed E-state index contributed by atoms with van der Waals surface area (Å²) >= 11 is 0. The van der Waals surface area contributed by atoms with E-state index in [-0.39, 0.29) is 30.9 Å². The second kappa shape index (κ2) is 13.2. The Morgan fingerprint density at radius 1 is 1.26 bits per heavy atom. The van der Waals surface area contributed by atoms with Crippen LogP contribution >= 0.6 is 0 Å². The van der Waals surface area contributed by atoms with E-state index in [0.29, 0.717) is 49.9 Å². The molecule has 2 amide bonds. The molecule has 38 heavy (non-hydrogen) atoms. The van der Waals surface area contributed by atoms with Crippen LogP contribution < -0.4 is 5.32 Å². The average molecular weight is 529 g/mol. The van der Waals surface area contributed by atoms with Crippen molar-refractivity contribution in [2.75, 3.05) is 32.9 Å². The van der Waals surface area contributed by atoms with Gasteiger partial charge in [0.05, 0.1) is 6.10 Å². The average Bonchev–Trinajstić information content (AvgIpc) is 3.68. The van der Waals surface area contributed by atoms with Gasteiger partial charge >= 0.3 is 0 Å². The van der Waals surface area contributed by atoms with Crippen LogP contribution in [0.25, 0.3) is 11.6 Å². The Balaban J connectivity index is 1.56. The van der Waals surface area contributed by atoms with Crippen molar-refractivity contribution in [2.45, 2.75) is 51.8 Å². The van der Waals surface area contributed by atoms with Crippen molar-refractivity contribution >= 4 is 11.8 Å². The lowest BCUT2D eigenvalue weighted by Gasteiger charge is -2.31. The van der Waals surface area contributed by atoms with E-state index in [4.69, 9.17) is 13.9 Å². The molecule has 3 heterocycles. The number of hydrogen-bond acceptors (Lipinski definition) is 8. The molecule has 0 unspecified atom stereocenters. The minimum atomic E-state index is -0.998. The van der Waals surface area contributed by atoms with E-state index in [1.165, 1.54) is 29.2 Å². The molecule has 204 valence electrons. The van der Waals surface area contributed by atoms with E-state index in [1.807, 2.05) is 6.92 Å². The number of nitrogens with zero attached hydrogens (tertiary/aromatic N) is 5. The maximum absolute atomic E-state index is 13.7. The molecule has 0 aliphatic carbocycles. The molecule has 12 heteroatoms. The summed E-state index contributed by atoms with van der Waals surface area (Å²) < 4.78 is 30.4. The molecule has 1 aliphatic heterocycles. The first-order chi connectivity index (χ1) is 18.4. The fourth-order valence-corrected chi connectivity index (χ4v) is 4.29. The zero-order valence-corrected chi connectivity index (χ0v) is 21.6. The molecule has 1 saturated heterocycles. The van der Waals surface area contributed by atoms with Crippen molar-refractivity contribution in [2.24, 2.45) is 0 Å². The van der Waals surface area contributed by atoms with Crippen LogP contribution in [0.15, 0.2) is 40.8 Å². The maximum atomic E-state index is 13.7. The summed E-state index contributed by atoms with van der Waals surface area (Å²) in [6.45, 7) is 5.61. The third kappa shape index (κ3) is 7.23. The fourth-order valence-electron chi connectivity index (χ4n) is 4.29. The smallest absolute Gasteiger partial charge is 0.247 e. The molecule has 0 bridgehead atoms. The van der Waals surface area contributed by atoms with Crippen molar-refractivity contribution in [3.05, 3.63) is 53.5 Å². The number of amides is 2. The van der Waals surface area contributed by atoms with Crippen LogP contribution in [-0.4, -0.2) is 75.9 Å². The van der Waals surface area contributed by atoms with Gasteiger partial charge in [-0.3, -0.25) is 9.59 Å². The van der Waals surface area contributed by atoms with Gasteiger partial charge in [-0.05, 0) is 68.2 Å². The van der Waals surface area contributed by atoms with Crippen LogP contribution in [0.1, 0.15) is 43.6 Å². The lowest BCUT2D eigenvalue weighted by Crippen LogP contribution is -2.47. The van der Waals surface area contributed by atoms with Gasteiger partial charge in [0.25, 0.3) is 0 Å². The normalized spacial score (nSPS) is 15.9. The van der Waals surface area contributed by atoms with E-state index in [0.717, 1.165) is 17.6 Å². The lowest BCUT2D eigenvalue weighted by atomic mass is 10.0. The Hall–Kier alpha value is -3.64. The maximum Gasteiger partial charge on any atom is 0.247 e. The number of carbonyl (C=O) groups is 2.